The predicted octanol–water partition coefficient (Wildman–Crippen LogP) is 4.97. The Kier molecular flexibility index (Phi) is 7.83. The lowest BCUT2D eigenvalue weighted by Crippen LogP contribution is -2.38. The Morgan fingerprint density at radius 1 is 1.09 bits per heavy atom. The minimum atomic E-state index is -5.60. The van der Waals surface area contributed by atoms with E-state index in [-0.39, 0.29) is 5.56 Å². The predicted molar refractivity (Wildman–Crippen MR) is 127 cm³/mol. The molecule has 1 heterocycles. The van der Waals surface area contributed by atoms with Gasteiger partial charge in [-0.25, -0.2) is 13.1 Å². The molecule has 0 saturated carbocycles. The summed E-state index contributed by atoms with van der Waals surface area (Å²) in [4.78, 5) is 13.4. The van der Waals surface area contributed by atoms with E-state index in [1.807, 2.05) is 19.1 Å². The Hall–Kier alpha value is -3.42. The van der Waals surface area contributed by atoms with Crippen molar-refractivity contribution in [3.63, 3.8) is 0 Å². The first kappa shape index (κ1) is 26.2. The zero-order chi connectivity index (χ0) is 25.8. The molecule has 0 fully saturated rings. The maximum absolute atomic E-state index is 13.4. The fourth-order valence-corrected chi connectivity index (χ4v) is 4.25. The van der Waals surface area contributed by atoms with Crippen molar-refractivity contribution in [3.8, 4) is 22.9 Å². The van der Waals surface area contributed by atoms with Crippen LogP contribution in [-0.4, -0.2) is 18.5 Å². The molecule has 0 spiro atoms. The van der Waals surface area contributed by atoms with Gasteiger partial charge < -0.3 is 0 Å². The molecule has 0 aliphatic heterocycles. The molecule has 0 amide bonds. The molecule has 35 heavy (non-hydrogen) atoms. The fraction of sp³-hybridized carbons (Fsp3) is 0.280. The van der Waals surface area contributed by atoms with Crippen molar-refractivity contribution in [2.24, 2.45) is 0 Å². The van der Waals surface area contributed by atoms with Crippen LogP contribution in [0.4, 0.5) is 13.2 Å². The Labute approximate surface area is 201 Å². The second kappa shape index (κ2) is 10.5. The van der Waals surface area contributed by atoms with E-state index >= 15 is 0 Å². The summed E-state index contributed by atoms with van der Waals surface area (Å²) in [6.07, 6.45) is 2.21. The second-order valence-electron chi connectivity index (χ2n) is 8.02. The normalized spacial score (nSPS) is 11.9. The maximum Gasteiger partial charge on any atom is 0.511 e. The summed E-state index contributed by atoms with van der Waals surface area (Å²) in [5.74, 6) is 0. The van der Waals surface area contributed by atoms with Gasteiger partial charge in [-0.05, 0) is 60.7 Å². The van der Waals surface area contributed by atoms with Crippen LogP contribution in [0.1, 0.15) is 42.1 Å². The molecule has 2 aromatic carbocycles. The molecule has 0 atom stereocenters. The Bertz CT molecular complexity index is 1420. The standard InChI is InChI=1S/C25H24F3N3O3S/c1-3-4-8-21-14-17(2)23(16-30-35(33,34)25(26,27)28)24(32)31(21)20-12-10-18(11-13-20)22-9-6-5-7-19(22)15-29/h5-7,9-14,30H,3-4,8,16H2,1-2H3. The van der Waals surface area contributed by atoms with Crippen LogP contribution in [0.15, 0.2) is 59.4 Å². The van der Waals surface area contributed by atoms with Crippen LogP contribution < -0.4 is 10.3 Å². The molecule has 3 rings (SSSR count). The molecular weight excluding hydrogens is 479 g/mol. The molecule has 1 N–H and O–H groups in total. The van der Waals surface area contributed by atoms with E-state index in [9.17, 15) is 31.6 Å². The number of aromatic nitrogens is 1. The second-order valence-corrected chi connectivity index (χ2v) is 9.77. The van der Waals surface area contributed by atoms with E-state index < -0.39 is 27.6 Å². The van der Waals surface area contributed by atoms with Gasteiger partial charge in [0.1, 0.15) is 0 Å². The van der Waals surface area contributed by atoms with E-state index in [0.29, 0.717) is 28.9 Å². The van der Waals surface area contributed by atoms with Gasteiger partial charge in [0.25, 0.3) is 5.56 Å². The van der Waals surface area contributed by atoms with Crippen LogP contribution in [0.25, 0.3) is 16.8 Å². The number of nitrogens with zero attached hydrogens (tertiary/aromatic N) is 2. The molecule has 3 aromatic rings. The molecule has 0 aliphatic carbocycles. The number of hydrogen-bond acceptors (Lipinski definition) is 4. The highest BCUT2D eigenvalue weighted by Gasteiger charge is 2.45. The lowest BCUT2D eigenvalue weighted by molar-refractivity contribution is -0.0448. The molecule has 10 heteroatoms. The van der Waals surface area contributed by atoms with Crippen molar-refractivity contribution in [2.45, 2.75) is 45.2 Å². The van der Waals surface area contributed by atoms with Gasteiger partial charge in [0.2, 0.25) is 0 Å². The van der Waals surface area contributed by atoms with Gasteiger partial charge in [-0.2, -0.15) is 18.4 Å². The van der Waals surface area contributed by atoms with E-state index in [4.69, 9.17) is 0 Å². The number of unbranched alkanes of at least 4 members (excludes halogenated alkanes) is 1. The third-order valence-corrected chi connectivity index (χ3v) is 6.76. The average Bonchev–Trinajstić information content (AvgIpc) is 2.82. The van der Waals surface area contributed by atoms with Gasteiger partial charge in [0.15, 0.2) is 0 Å². The number of nitriles is 1. The highest BCUT2D eigenvalue weighted by molar-refractivity contribution is 7.90. The van der Waals surface area contributed by atoms with E-state index in [1.165, 1.54) is 9.29 Å². The smallest absolute Gasteiger partial charge is 0.281 e. The lowest BCUT2D eigenvalue weighted by atomic mass is 10.00. The first-order valence-electron chi connectivity index (χ1n) is 10.9. The van der Waals surface area contributed by atoms with Gasteiger partial charge in [0.05, 0.1) is 11.6 Å². The highest BCUT2D eigenvalue weighted by atomic mass is 32.2. The van der Waals surface area contributed by atoms with Crippen molar-refractivity contribution in [1.82, 2.24) is 9.29 Å². The summed E-state index contributed by atoms with van der Waals surface area (Å²) >= 11 is 0. The van der Waals surface area contributed by atoms with Crippen LogP contribution in [0.2, 0.25) is 0 Å². The molecule has 184 valence electrons. The van der Waals surface area contributed by atoms with E-state index in [0.717, 1.165) is 24.0 Å². The minimum absolute atomic E-state index is 0.0722. The topological polar surface area (TPSA) is 92.0 Å². The van der Waals surface area contributed by atoms with Crippen LogP contribution in [0.5, 0.6) is 0 Å². The number of halogens is 3. The number of rotatable bonds is 8. The van der Waals surface area contributed by atoms with Crippen molar-refractivity contribution < 1.29 is 21.6 Å². The third-order valence-electron chi connectivity index (χ3n) is 5.62. The number of aryl methyl sites for hydroxylation is 2. The quantitative estimate of drug-likeness (QED) is 0.470. The van der Waals surface area contributed by atoms with Crippen molar-refractivity contribution in [3.05, 3.63) is 87.3 Å². The zero-order valence-electron chi connectivity index (χ0n) is 19.2. The average molecular weight is 504 g/mol. The maximum atomic E-state index is 13.4. The van der Waals surface area contributed by atoms with Gasteiger partial charge in [-0.3, -0.25) is 9.36 Å². The zero-order valence-corrected chi connectivity index (χ0v) is 20.0. The Morgan fingerprint density at radius 2 is 1.74 bits per heavy atom. The number of pyridine rings is 1. The van der Waals surface area contributed by atoms with Gasteiger partial charge in [-0.15, -0.1) is 0 Å². The van der Waals surface area contributed by atoms with Crippen LogP contribution in [0.3, 0.4) is 0 Å². The monoisotopic (exact) mass is 503 g/mol. The summed E-state index contributed by atoms with van der Waals surface area (Å²) in [5, 5.41) is 9.37. The van der Waals surface area contributed by atoms with E-state index in [2.05, 4.69) is 6.07 Å². The van der Waals surface area contributed by atoms with Crippen molar-refractivity contribution in [1.29, 1.82) is 5.26 Å². The highest BCUT2D eigenvalue weighted by Crippen LogP contribution is 2.25. The summed E-state index contributed by atoms with van der Waals surface area (Å²) < 4.78 is 64.1. The number of nitrogens with one attached hydrogen (secondary N) is 1. The molecule has 0 bridgehead atoms. The van der Waals surface area contributed by atoms with Crippen LogP contribution >= 0.6 is 0 Å². The summed E-state index contributed by atoms with van der Waals surface area (Å²) in [5.41, 5.74) is -2.59. The number of benzene rings is 2. The summed E-state index contributed by atoms with van der Waals surface area (Å²) in [7, 11) is -5.60. The van der Waals surface area contributed by atoms with Crippen molar-refractivity contribution >= 4 is 10.0 Å². The molecular formula is C25H24F3N3O3S. The van der Waals surface area contributed by atoms with Crippen LogP contribution in [-0.2, 0) is 23.0 Å². The fourth-order valence-electron chi connectivity index (χ4n) is 3.75. The first-order valence-corrected chi connectivity index (χ1v) is 12.4. The minimum Gasteiger partial charge on any atom is -0.281 e. The number of alkyl halides is 3. The molecule has 0 saturated heterocycles. The van der Waals surface area contributed by atoms with Gasteiger partial charge >= 0.3 is 15.5 Å². The summed E-state index contributed by atoms with van der Waals surface area (Å²) in [6, 6.07) is 17.8. The summed E-state index contributed by atoms with van der Waals surface area (Å²) in [6.45, 7) is 2.78. The molecule has 6 nitrogen and oxygen atoms in total. The van der Waals surface area contributed by atoms with Crippen molar-refractivity contribution in [2.75, 3.05) is 0 Å². The van der Waals surface area contributed by atoms with Gasteiger partial charge in [0, 0.05) is 23.5 Å². The van der Waals surface area contributed by atoms with E-state index in [1.54, 1.807) is 49.4 Å². The third kappa shape index (κ3) is 5.63. The molecule has 0 unspecified atom stereocenters. The lowest BCUT2D eigenvalue weighted by Gasteiger charge is -2.18. The molecule has 0 aliphatic rings. The first-order chi connectivity index (χ1) is 16.5. The SMILES string of the molecule is CCCCc1cc(C)c(CNS(=O)(=O)C(F)(F)F)c(=O)n1-c1ccc(-c2ccccc2C#N)cc1. The molecule has 1 aromatic heterocycles. The van der Waals surface area contributed by atoms with Gasteiger partial charge in [-0.1, -0.05) is 43.7 Å². The Morgan fingerprint density at radius 3 is 2.34 bits per heavy atom. The largest absolute Gasteiger partial charge is 0.511 e. The van der Waals surface area contributed by atoms with Crippen LogP contribution in [0, 0.1) is 18.3 Å². The number of sulfonamides is 1. The Balaban J connectivity index is 2.08. The molecule has 0 radical (unpaired) electrons. The number of hydrogen-bond donors (Lipinski definition) is 1.